The molecule has 1 aliphatic heterocycles. The number of nitrogens with zero attached hydrogens (tertiary/aromatic N) is 2. The fourth-order valence-corrected chi connectivity index (χ4v) is 3.18. The van der Waals surface area contributed by atoms with Gasteiger partial charge in [0.05, 0.1) is 5.92 Å². The lowest BCUT2D eigenvalue weighted by Gasteiger charge is -2.32. The van der Waals surface area contributed by atoms with Crippen LogP contribution in [0.4, 0.5) is 10.2 Å². The molecule has 0 bridgehead atoms. The quantitative estimate of drug-likeness (QED) is 0.919. The highest BCUT2D eigenvalue weighted by molar-refractivity contribution is 5.97. The van der Waals surface area contributed by atoms with Gasteiger partial charge in [0.1, 0.15) is 11.6 Å². The summed E-state index contributed by atoms with van der Waals surface area (Å²) in [5, 5.41) is 2.82. The van der Waals surface area contributed by atoms with Crippen molar-refractivity contribution in [2.45, 2.75) is 26.7 Å². The molecule has 2 amide bonds. The molecular weight excluding hydrogens is 333 g/mol. The van der Waals surface area contributed by atoms with Crippen molar-refractivity contribution in [2.24, 2.45) is 5.92 Å². The van der Waals surface area contributed by atoms with E-state index in [2.05, 4.69) is 10.3 Å². The number of rotatable bonds is 3. The second-order valence-corrected chi connectivity index (χ2v) is 6.76. The smallest absolute Gasteiger partial charge is 0.254 e. The van der Waals surface area contributed by atoms with Crippen molar-refractivity contribution >= 4 is 17.6 Å². The number of pyridine rings is 1. The average molecular weight is 355 g/mol. The Kier molecular flexibility index (Phi) is 5.30. The van der Waals surface area contributed by atoms with Crippen molar-refractivity contribution in [3.8, 4) is 0 Å². The Morgan fingerprint density at radius 1 is 1.23 bits per heavy atom. The van der Waals surface area contributed by atoms with E-state index in [9.17, 15) is 14.0 Å². The predicted octanol–water partition coefficient (Wildman–Crippen LogP) is 3.33. The Labute approximate surface area is 152 Å². The van der Waals surface area contributed by atoms with Crippen molar-refractivity contribution < 1.29 is 14.0 Å². The van der Waals surface area contributed by atoms with Crippen molar-refractivity contribution in [3.63, 3.8) is 0 Å². The van der Waals surface area contributed by atoms with Gasteiger partial charge in [-0.25, -0.2) is 9.37 Å². The van der Waals surface area contributed by atoms with Crippen LogP contribution < -0.4 is 5.32 Å². The van der Waals surface area contributed by atoms with E-state index >= 15 is 0 Å². The van der Waals surface area contributed by atoms with E-state index in [-0.39, 0.29) is 23.5 Å². The number of aromatic nitrogens is 1. The molecule has 26 heavy (non-hydrogen) atoms. The van der Waals surface area contributed by atoms with Crippen LogP contribution in [0.15, 0.2) is 36.5 Å². The summed E-state index contributed by atoms with van der Waals surface area (Å²) in [5.41, 5.74) is 2.10. The van der Waals surface area contributed by atoms with Gasteiger partial charge in [-0.2, -0.15) is 0 Å². The first-order valence-corrected chi connectivity index (χ1v) is 8.73. The van der Waals surface area contributed by atoms with Crippen LogP contribution in [0.25, 0.3) is 0 Å². The van der Waals surface area contributed by atoms with Gasteiger partial charge in [0.25, 0.3) is 5.91 Å². The number of hydrogen-bond donors (Lipinski definition) is 1. The molecule has 2 aromatic rings. The van der Waals surface area contributed by atoms with Crippen LogP contribution in [0.5, 0.6) is 0 Å². The fraction of sp³-hybridized carbons (Fsp3) is 0.350. The highest BCUT2D eigenvalue weighted by Gasteiger charge is 2.29. The maximum absolute atomic E-state index is 13.3. The topological polar surface area (TPSA) is 62.3 Å². The molecule has 1 saturated heterocycles. The molecule has 1 atom stereocenters. The molecule has 3 rings (SSSR count). The summed E-state index contributed by atoms with van der Waals surface area (Å²) in [7, 11) is 0. The van der Waals surface area contributed by atoms with Gasteiger partial charge in [0.2, 0.25) is 5.91 Å². The van der Waals surface area contributed by atoms with Crippen molar-refractivity contribution in [1.29, 1.82) is 0 Å². The molecule has 6 heteroatoms. The minimum atomic E-state index is -0.361. The maximum atomic E-state index is 13.3. The maximum Gasteiger partial charge on any atom is 0.254 e. The van der Waals surface area contributed by atoms with Crippen molar-refractivity contribution in [1.82, 2.24) is 9.88 Å². The molecule has 1 aromatic heterocycles. The number of carbonyl (C=O) groups excluding carboxylic acids is 2. The van der Waals surface area contributed by atoms with Crippen LogP contribution in [-0.2, 0) is 4.79 Å². The zero-order valence-electron chi connectivity index (χ0n) is 15.0. The predicted molar refractivity (Wildman–Crippen MR) is 97.4 cm³/mol. The number of likely N-dealkylation sites (tertiary alicyclic amines) is 1. The van der Waals surface area contributed by atoms with E-state index in [0.717, 1.165) is 18.4 Å². The minimum absolute atomic E-state index is 0.130. The average Bonchev–Trinajstić information content (AvgIpc) is 2.63. The van der Waals surface area contributed by atoms with Gasteiger partial charge in [0, 0.05) is 24.8 Å². The second kappa shape index (κ2) is 7.64. The number of nitrogens with one attached hydrogen (secondary N) is 1. The number of aryl methyl sites for hydroxylation is 2. The zero-order chi connectivity index (χ0) is 18.7. The second-order valence-electron chi connectivity index (χ2n) is 6.76. The van der Waals surface area contributed by atoms with E-state index < -0.39 is 0 Å². The Bertz CT molecular complexity index is 820. The van der Waals surface area contributed by atoms with Crippen molar-refractivity contribution in [2.75, 3.05) is 18.4 Å². The van der Waals surface area contributed by atoms with Crippen LogP contribution >= 0.6 is 0 Å². The lowest BCUT2D eigenvalue weighted by atomic mass is 9.96. The van der Waals surface area contributed by atoms with E-state index in [0.29, 0.717) is 30.0 Å². The molecule has 2 heterocycles. The third-order valence-corrected chi connectivity index (χ3v) is 4.66. The number of hydrogen-bond acceptors (Lipinski definition) is 3. The Morgan fingerprint density at radius 3 is 2.73 bits per heavy atom. The summed E-state index contributed by atoms with van der Waals surface area (Å²) in [6.45, 7) is 4.60. The molecule has 1 fully saturated rings. The molecule has 0 spiro atoms. The largest absolute Gasteiger partial charge is 0.338 e. The molecule has 0 radical (unpaired) electrons. The number of anilines is 1. The van der Waals surface area contributed by atoms with Crippen LogP contribution in [0.2, 0.25) is 0 Å². The Morgan fingerprint density at radius 2 is 2.04 bits per heavy atom. The molecule has 1 unspecified atom stereocenters. The van der Waals surface area contributed by atoms with E-state index in [1.165, 1.54) is 18.2 Å². The first kappa shape index (κ1) is 18.0. The van der Waals surface area contributed by atoms with Gasteiger partial charge in [-0.1, -0.05) is 6.07 Å². The first-order valence-electron chi connectivity index (χ1n) is 8.73. The standard InChI is InChI=1S/C20H22FN3O2/c1-13-5-8-18(22-11-13)23-19(25)15-4-3-9-24(12-15)20(26)17-7-6-16(21)10-14(17)2/h5-8,10-11,15H,3-4,9,12H2,1-2H3,(H,22,23,25). The molecule has 1 N–H and O–H groups in total. The number of halogens is 1. The number of piperidine rings is 1. The van der Waals surface area contributed by atoms with Gasteiger partial charge < -0.3 is 10.2 Å². The Balaban J connectivity index is 1.67. The monoisotopic (exact) mass is 355 g/mol. The number of benzene rings is 1. The van der Waals surface area contributed by atoms with E-state index in [1.807, 2.05) is 13.0 Å². The van der Waals surface area contributed by atoms with Gasteiger partial charge in [-0.3, -0.25) is 9.59 Å². The van der Waals surface area contributed by atoms with Crippen LogP contribution in [0.3, 0.4) is 0 Å². The minimum Gasteiger partial charge on any atom is -0.338 e. The SMILES string of the molecule is Cc1ccc(NC(=O)C2CCCN(C(=O)c3ccc(F)cc3C)C2)nc1. The number of amides is 2. The van der Waals surface area contributed by atoms with E-state index in [1.54, 1.807) is 24.1 Å². The van der Waals surface area contributed by atoms with Gasteiger partial charge in [0.15, 0.2) is 0 Å². The molecule has 1 aromatic carbocycles. The number of carbonyl (C=O) groups is 2. The summed E-state index contributed by atoms with van der Waals surface area (Å²) in [6.07, 6.45) is 3.18. The molecule has 0 saturated carbocycles. The Hall–Kier alpha value is -2.76. The normalized spacial score (nSPS) is 17.0. The lowest BCUT2D eigenvalue weighted by Crippen LogP contribution is -2.44. The van der Waals surface area contributed by atoms with E-state index in [4.69, 9.17) is 0 Å². The van der Waals surface area contributed by atoms with Gasteiger partial charge >= 0.3 is 0 Å². The summed E-state index contributed by atoms with van der Waals surface area (Å²) < 4.78 is 13.3. The molecular formula is C20H22FN3O2. The molecule has 1 aliphatic rings. The van der Waals surface area contributed by atoms with Gasteiger partial charge in [-0.05, 0) is 62.1 Å². The summed E-state index contributed by atoms with van der Waals surface area (Å²) >= 11 is 0. The summed E-state index contributed by atoms with van der Waals surface area (Å²) in [5.74, 6) is -0.418. The van der Waals surface area contributed by atoms with Crippen LogP contribution in [0, 0.1) is 25.6 Å². The van der Waals surface area contributed by atoms with Crippen LogP contribution in [0.1, 0.15) is 34.3 Å². The highest BCUT2D eigenvalue weighted by atomic mass is 19.1. The summed E-state index contributed by atoms with van der Waals surface area (Å²) in [6, 6.07) is 7.80. The van der Waals surface area contributed by atoms with Crippen LogP contribution in [-0.4, -0.2) is 34.8 Å². The molecule has 136 valence electrons. The molecule has 5 nitrogen and oxygen atoms in total. The molecule has 0 aliphatic carbocycles. The van der Waals surface area contributed by atoms with Gasteiger partial charge in [-0.15, -0.1) is 0 Å². The zero-order valence-corrected chi connectivity index (χ0v) is 15.0. The van der Waals surface area contributed by atoms with Crippen molar-refractivity contribution in [3.05, 3.63) is 59.0 Å². The third-order valence-electron chi connectivity index (χ3n) is 4.66. The first-order chi connectivity index (χ1) is 12.4. The summed E-state index contributed by atoms with van der Waals surface area (Å²) in [4.78, 5) is 31.1. The fourth-order valence-electron chi connectivity index (χ4n) is 3.18. The lowest BCUT2D eigenvalue weighted by molar-refractivity contribution is -0.121. The highest BCUT2D eigenvalue weighted by Crippen LogP contribution is 2.21. The third kappa shape index (κ3) is 4.07.